The Morgan fingerprint density at radius 2 is 1.95 bits per heavy atom. The lowest BCUT2D eigenvalue weighted by molar-refractivity contribution is -0.148. The number of nitrogens with one attached hydrogen (secondary N) is 3. The lowest BCUT2D eigenvalue weighted by Gasteiger charge is -2.33. The van der Waals surface area contributed by atoms with Crippen molar-refractivity contribution >= 4 is 11.9 Å². The highest BCUT2D eigenvalue weighted by molar-refractivity contribution is 5.97. The van der Waals surface area contributed by atoms with Gasteiger partial charge in [-0.15, -0.1) is 0 Å². The zero-order chi connectivity index (χ0) is 14.8. The molecular formula is C11H13N3O6. The molecule has 0 atom stereocenters. The van der Waals surface area contributed by atoms with Crippen LogP contribution in [0.4, 0.5) is 0 Å². The Morgan fingerprint density at radius 3 is 2.50 bits per heavy atom. The monoisotopic (exact) mass is 283 g/mol. The molecule has 108 valence electrons. The molecule has 0 aromatic carbocycles. The zero-order valence-electron chi connectivity index (χ0n) is 10.4. The van der Waals surface area contributed by atoms with Gasteiger partial charge >= 0.3 is 11.7 Å². The molecule has 1 aliphatic heterocycles. The van der Waals surface area contributed by atoms with Crippen LogP contribution in [0.15, 0.2) is 15.8 Å². The second-order valence-electron chi connectivity index (χ2n) is 4.44. The van der Waals surface area contributed by atoms with E-state index in [9.17, 15) is 24.3 Å². The molecule has 9 heteroatoms. The molecule has 0 saturated carbocycles. The molecule has 2 heterocycles. The largest absolute Gasteiger partial charge is 0.480 e. The summed E-state index contributed by atoms with van der Waals surface area (Å²) in [6.07, 6.45) is 1.16. The van der Waals surface area contributed by atoms with Crippen LogP contribution >= 0.6 is 0 Å². The van der Waals surface area contributed by atoms with E-state index in [-0.39, 0.29) is 31.6 Å². The van der Waals surface area contributed by atoms with E-state index in [2.05, 4.69) is 10.3 Å². The molecule has 1 aromatic heterocycles. The van der Waals surface area contributed by atoms with E-state index in [4.69, 9.17) is 4.74 Å². The Bertz CT molecular complexity index is 640. The topological polar surface area (TPSA) is 141 Å². The van der Waals surface area contributed by atoms with Gasteiger partial charge in [0.15, 0.2) is 0 Å². The number of amides is 1. The number of carboxylic acid groups (broad SMARTS) is 1. The van der Waals surface area contributed by atoms with Crippen LogP contribution < -0.4 is 16.6 Å². The number of carbonyl (C=O) groups excluding carboxylic acids is 1. The Balaban J connectivity index is 2.27. The fraction of sp³-hybridized carbons (Fsp3) is 0.455. The molecule has 0 spiro atoms. The molecule has 1 aromatic rings. The first-order chi connectivity index (χ1) is 9.44. The third-order valence-electron chi connectivity index (χ3n) is 3.17. The van der Waals surface area contributed by atoms with E-state index in [0.29, 0.717) is 0 Å². The summed E-state index contributed by atoms with van der Waals surface area (Å²) in [6, 6.07) is 0. The molecule has 1 aliphatic rings. The van der Waals surface area contributed by atoms with Crippen LogP contribution in [0.3, 0.4) is 0 Å². The maximum atomic E-state index is 12.0. The Kier molecular flexibility index (Phi) is 3.70. The molecule has 0 aliphatic carbocycles. The molecule has 0 unspecified atom stereocenters. The number of aliphatic carboxylic acids is 1. The summed E-state index contributed by atoms with van der Waals surface area (Å²) >= 11 is 0. The molecule has 0 radical (unpaired) electrons. The van der Waals surface area contributed by atoms with Crippen molar-refractivity contribution in [3.05, 3.63) is 32.6 Å². The zero-order valence-corrected chi connectivity index (χ0v) is 10.4. The number of aromatic amines is 2. The van der Waals surface area contributed by atoms with Crippen molar-refractivity contribution in [2.45, 2.75) is 18.4 Å². The third-order valence-corrected chi connectivity index (χ3v) is 3.17. The third kappa shape index (κ3) is 2.62. The lowest BCUT2D eigenvalue weighted by atomic mass is 9.90. The second kappa shape index (κ2) is 5.29. The number of ether oxygens (including phenoxy) is 1. The van der Waals surface area contributed by atoms with Gasteiger partial charge in [0.25, 0.3) is 11.5 Å². The van der Waals surface area contributed by atoms with E-state index < -0.39 is 28.7 Å². The predicted octanol–water partition coefficient (Wildman–Crippen LogP) is -1.57. The predicted molar refractivity (Wildman–Crippen MR) is 65.6 cm³/mol. The fourth-order valence-corrected chi connectivity index (χ4v) is 1.98. The maximum absolute atomic E-state index is 12.0. The highest BCUT2D eigenvalue weighted by atomic mass is 16.5. The molecule has 1 saturated heterocycles. The Hall–Kier alpha value is -2.42. The van der Waals surface area contributed by atoms with Gasteiger partial charge in [0.05, 0.1) is 0 Å². The fourth-order valence-electron chi connectivity index (χ4n) is 1.98. The van der Waals surface area contributed by atoms with Crippen molar-refractivity contribution in [3.63, 3.8) is 0 Å². The van der Waals surface area contributed by atoms with E-state index >= 15 is 0 Å². The van der Waals surface area contributed by atoms with Crippen LogP contribution in [0.1, 0.15) is 23.2 Å². The van der Waals surface area contributed by atoms with Gasteiger partial charge in [-0.05, 0) is 0 Å². The summed E-state index contributed by atoms with van der Waals surface area (Å²) in [7, 11) is 0. The van der Waals surface area contributed by atoms with Crippen LogP contribution in [-0.2, 0) is 9.53 Å². The first-order valence-corrected chi connectivity index (χ1v) is 5.90. The van der Waals surface area contributed by atoms with E-state index in [1.807, 2.05) is 4.98 Å². The maximum Gasteiger partial charge on any atom is 0.329 e. The first-order valence-electron chi connectivity index (χ1n) is 5.90. The van der Waals surface area contributed by atoms with Gasteiger partial charge in [0, 0.05) is 32.3 Å². The van der Waals surface area contributed by atoms with Crippen molar-refractivity contribution in [2.24, 2.45) is 0 Å². The highest BCUT2D eigenvalue weighted by Gasteiger charge is 2.42. The van der Waals surface area contributed by atoms with Crippen LogP contribution in [0.25, 0.3) is 0 Å². The molecule has 4 N–H and O–H groups in total. The summed E-state index contributed by atoms with van der Waals surface area (Å²) in [5.74, 6) is -2.04. The van der Waals surface area contributed by atoms with Crippen molar-refractivity contribution < 1.29 is 19.4 Å². The summed E-state index contributed by atoms with van der Waals surface area (Å²) in [4.78, 5) is 49.8. The van der Waals surface area contributed by atoms with Gasteiger partial charge in [-0.1, -0.05) is 0 Å². The summed E-state index contributed by atoms with van der Waals surface area (Å²) in [6.45, 7) is 0.406. The minimum absolute atomic E-state index is 0.106. The summed E-state index contributed by atoms with van der Waals surface area (Å²) in [5, 5.41) is 11.6. The average molecular weight is 283 g/mol. The molecule has 9 nitrogen and oxygen atoms in total. The molecule has 1 fully saturated rings. The van der Waals surface area contributed by atoms with Gasteiger partial charge in [0.2, 0.25) is 0 Å². The van der Waals surface area contributed by atoms with Gasteiger partial charge in [-0.2, -0.15) is 0 Å². The van der Waals surface area contributed by atoms with Crippen LogP contribution in [0.2, 0.25) is 0 Å². The molecule has 2 rings (SSSR count). The normalized spacial score (nSPS) is 17.4. The quantitative estimate of drug-likeness (QED) is 0.528. The van der Waals surface area contributed by atoms with Crippen LogP contribution in [0.5, 0.6) is 0 Å². The van der Waals surface area contributed by atoms with Crippen LogP contribution in [0, 0.1) is 0 Å². The van der Waals surface area contributed by atoms with E-state index in [1.165, 1.54) is 0 Å². The van der Waals surface area contributed by atoms with Gasteiger partial charge in [-0.25, -0.2) is 9.59 Å². The van der Waals surface area contributed by atoms with Crippen molar-refractivity contribution in [3.8, 4) is 0 Å². The number of hydrogen-bond acceptors (Lipinski definition) is 5. The van der Waals surface area contributed by atoms with Crippen molar-refractivity contribution in [1.29, 1.82) is 0 Å². The summed E-state index contributed by atoms with van der Waals surface area (Å²) in [5.41, 5.74) is -3.43. The summed E-state index contributed by atoms with van der Waals surface area (Å²) < 4.78 is 5.07. The van der Waals surface area contributed by atoms with Gasteiger partial charge in [0.1, 0.15) is 11.1 Å². The lowest BCUT2D eigenvalue weighted by Crippen LogP contribution is -2.58. The van der Waals surface area contributed by atoms with Crippen LogP contribution in [-0.4, -0.2) is 45.7 Å². The van der Waals surface area contributed by atoms with Crippen molar-refractivity contribution in [2.75, 3.05) is 13.2 Å². The second-order valence-corrected chi connectivity index (χ2v) is 4.44. The number of H-pyrrole nitrogens is 2. The molecule has 0 bridgehead atoms. The van der Waals surface area contributed by atoms with Crippen molar-refractivity contribution in [1.82, 2.24) is 15.3 Å². The Labute approximate surface area is 112 Å². The smallest absolute Gasteiger partial charge is 0.329 e. The minimum atomic E-state index is -1.46. The standard InChI is InChI=1S/C11H13N3O6/c15-7-6(5-12-10(19)13-7)8(16)14-11(9(17)18)1-3-20-4-2-11/h5H,1-4H2,(H,14,16)(H,17,18)(H2,12,13,15,19). The molecule has 20 heavy (non-hydrogen) atoms. The number of aromatic nitrogens is 2. The number of hydrogen-bond donors (Lipinski definition) is 4. The number of carbonyl (C=O) groups is 2. The number of carboxylic acids is 1. The highest BCUT2D eigenvalue weighted by Crippen LogP contribution is 2.21. The first kappa shape index (κ1) is 14.0. The Morgan fingerprint density at radius 1 is 1.30 bits per heavy atom. The minimum Gasteiger partial charge on any atom is -0.480 e. The van der Waals surface area contributed by atoms with Gasteiger partial charge in [-0.3, -0.25) is 14.6 Å². The SMILES string of the molecule is O=C(NC1(C(=O)O)CCOCC1)c1c[nH]c(=O)[nH]c1=O. The number of rotatable bonds is 3. The molecule has 1 amide bonds. The van der Waals surface area contributed by atoms with Gasteiger partial charge < -0.3 is 20.1 Å². The molecular weight excluding hydrogens is 270 g/mol. The van der Waals surface area contributed by atoms with E-state index in [0.717, 1.165) is 6.20 Å². The average Bonchev–Trinajstić information content (AvgIpc) is 2.39. The van der Waals surface area contributed by atoms with E-state index in [1.54, 1.807) is 0 Å².